The molecule has 1 rings (SSSR count). The van der Waals surface area contributed by atoms with E-state index in [0.29, 0.717) is 17.8 Å². The number of nitrogens with one attached hydrogen (secondary N) is 2. The van der Waals surface area contributed by atoms with E-state index in [0.717, 1.165) is 12.0 Å². The first kappa shape index (κ1) is 17.2. The molecule has 5 heteroatoms. The molecular weight excluding hydrogens is 266 g/mol. The summed E-state index contributed by atoms with van der Waals surface area (Å²) < 4.78 is 0. The van der Waals surface area contributed by atoms with Crippen molar-refractivity contribution in [1.82, 2.24) is 0 Å². The minimum Gasteiger partial charge on any atom is -0.326 e. The monoisotopic (exact) mass is 291 g/mol. The van der Waals surface area contributed by atoms with Crippen molar-refractivity contribution in [3.8, 4) is 0 Å². The lowest BCUT2D eigenvalue weighted by atomic mass is 9.99. The third-order valence-corrected chi connectivity index (χ3v) is 3.75. The van der Waals surface area contributed by atoms with E-state index < -0.39 is 6.04 Å². The summed E-state index contributed by atoms with van der Waals surface area (Å²) in [5.41, 5.74) is 8.13. The van der Waals surface area contributed by atoms with Crippen molar-refractivity contribution in [3.63, 3.8) is 0 Å². The number of anilines is 2. The Labute approximate surface area is 126 Å². The van der Waals surface area contributed by atoms with Gasteiger partial charge in [0.2, 0.25) is 11.8 Å². The van der Waals surface area contributed by atoms with Crippen LogP contribution < -0.4 is 16.4 Å². The lowest BCUT2D eigenvalue weighted by Crippen LogP contribution is -2.40. The fourth-order valence-electron chi connectivity index (χ4n) is 1.87. The Balaban J connectivity index is 2.87. The topological polar surface area (TPSA) is 84.2 Å². The van der Waals surface area contributed by atoms with Gasteiger partial charge >= 0.3 is 0 Å². The van der Waals surface area contributed by atoms with E-state index in [1.165, 1.54) is 0 Å². The van der Waals surface area contributed by atoms with E-state index in [1.807, 2.05) is 26.8 Å². The second-order valence-electron chi connectivity index (χ2n) is 5.28. The Morgan fingerprint density at radius 2 is 1.76 bits per heavy atom. The number of amides is 2. The summed E-state index contributed by atoms with van der Waals surface area (Å²) in [7, 11) is 0. The van der Waals surface area contributed by atoms with Crippen LogP contribution in [0.25, 0.3) is 0 Å². The van der Waals surface area contributed by atoms with Gasteiger partial charge in [0, 0.05) is 17.8 Å². The van der Waals surface area contributed by atoms with Gasteiger partial charge < -0.3 is 16.4 Å². The van der Waals surface area contributed by atoms with Gasteiger partial charge in [-0.2, -0.15) is 0 Å². The van der Waals surface area contributed by atoms with Crippen molar-refractivity contribution >= 4 is 23.2 Å². The van der Waals surface area contributed by atoms with Crippen LogP contribution in [0.3, 0.4) is 0 Å². The SMILES string of the molecule is CCC(=O)Nc1cccc(NC(=O)[C@@H](N)C(C)CC)c1C. The van der Waals surface area contributed by atoms with Crippen LogP contribution in [-0.2, 0) is 9.59 Å². The number of benzene rings is 1. The zero-order valence-corrected chi connectivity index (χ0v) is 13.2. The van der Waals surface area contributed by atoms with E-state index in [9.17, 15) is 9.59 Å². The number of hydrogen-bond donors (Lipinski definition) is 3. The van der Waals surface area contributed by atoms with Crippen molar-refractivity contribution in [2.45, 2.75) is 46.6 Å². The molecule has 4 N–H and O–H groups in total. The minimum atomic E-state index is -0.539. The summed E-state index contributed by atoms with van der Waals surface area (Å²) >= 11 is 0. The molecule has 0 aliphatic carbocycles. The standard InChI is InChI=1S/C16H25N3O2/c1-5-10(3)15(17)16(21)19-13-9-7-8-12(11(13)4)18-14(20)6-2/h7-10,15H,5-6,17H2,1-4H3,(H,18,20)(H,19,21)/t10?,15-/m0/s1. The lowest BCUT2D eigenvalue weighted by molar-refractivity contribution is -0.118. The molecular formula is C16H25N3O2. The second-order valence-corrected chi connectivity index (χ2v) is 5.28. The normalized spacial score (nSPS) is 13.4. The van der Waals surface area contributed by atoms with Crippen molar-refractivity contribution in [2.75, 3.05) is 10.6 Å². The van der Waals surface area contributed by atoms with Crippen molar-refractivity contribution in [1.29, 1.82) is 0 Å². The van der Waals surface area contributed by atoms with Crippen LogP contribution in [0.2, 0.25) is 0 Å². The Hall–Kier alpha value is -1.88. The molecule has 2 amide bonds. The van der Waals surface area contributed by atoms with Gasteiger partial charge in [-0.1, -0.05) is 33.3 Å². The summed E-state index contributed by atoms with van der Waals surface area (Å²) in [4.78, 5) is 23.6. The summed E-state index contributed by atoms with van der Waals surface area (Å²) in [6.45, 7) is 7.61. The molecule has 0 heterocycles. The van der Waals surface area contributed by atoms with Crippen LogP contribution in [-0.4, -0.2) is 17.9 Å². The molecule has 21 heavy (non-hydrogen) atoms. The molecule has 1 unspecified atom stereocenters. The summed E-state index contributed by atoms with van der Waals surface area (Å²) in [6.07, 6.45) is 1.26. The van der Waals surface area contributed by atoms with Gasteiger partial charge in [0.1, 0.15) is 0 Å². The van der Waals surface area contributed by atoms with E-state index in [1.54, 1.807) is 19.1 Å². The fraction of sp³-hybridized carbons (Fsp3) is 0.500. The predicted molar refractivity (Wildman–Crippen MR) is 86.2 cm³/mol. The summed E-state index contributed by atoms with van der Waals surface area (Å²) in [6, 6.07) is 4.87. The van der Waals surface area contributed by atoms with E-state index >= 15 is 0 Å². The number of carbonyl (C=O) groups is 2. The molecule has 2 atom stereocenters. The lowest BCUT2D eigenvalue weighted by Gasteiger charge is -2.19. The molecule has 0 fully saturated rings. The smallest absolute Gasteiger partial charge is 0.241 e. The highest BCUT2D eigenvalue weighted by Gasteiger charge is 2.20. The molecule has 0 spiro atoms. The molecule has 0 saturated carbocycles. The molecule has 5 nitrogen and oxygen atoms in total. The second kappa shape index (κ2) is 7.78. The zero-order valence-electron chi connectivity index (χ0n) is 13.2. The van der Waals surface area contributed by atoms with Crippen LogP contribution in [0, 0.1) is 12.8 Å². The Bertz CT molecular complexity index is 514. The van der Waals surface area contributed by atoms with Crippen molar-refractivity contribution in [2.24, 2.45) is 11.7 Å². The molecule has 1 aromatic carbocycles. The Morgan fingerprint density at radius 1 is 1.19 bits per heavy atom. The van der Waals surface area contributed by atoms with Crippen molar-refractivity contribution in [3.05, 3.63) is 23.8 Å². The highest BCUT2D eigenvalue weighted by molar-refractivity contribution is 5.97. The van der Waals surface area contributed by atoms with E-state index in [-0.39, 0.29) is 17.7 Å². The molecule has 0 aliphatic rings. The van der Waals surface area contributed by atoms with Gasteiger partial charge in [-0.25, -0.2) is 0 Å². The molecule has 0 bridgehead atoms. The van der Waals surface area contributed by atoms with Crippen LogP contribution in [0.1, 0.15) is 39.2 Å². The first-order valence-corrected chi connectivity index (χ1v) is 7.36. The molecule has 0 aliphatic heterocycles. The van der Waals surface area contributed by atoms with Gasteiger partial charge in [0.25, 0.3) is 0 Å². The molecule has 116 valence electrons. The molecule has 0 aromatic heterocycles. The maximum Gasteiger partial charge on any atom is 0.241 e. The van der Waals surface area contributed by atoms with Gasteiger partial charge in [0.15, 0.2) is 0 Å². The quantitative estimate of drug-likeness (QED) is 0.753. The first-order chi connectivity index (χ1) is 9.90. The zero-order chi connectivity index (χ0) is 16.0. The van der Waals surface area contributed by atoms with Gasteiger partial charge in [-0.15, -0.1) is 0 Å². The molecule has 1 aromatic rings. The molecule has 0 radical (unpaired) electrons. The Morgan fingerprint density at radius 3 is 2.29 bits per heavy atom. The van der Waals surface area contributed by atoms with Gasteiger partial charge in [-0.05, 0) is 30.5 Å². The summed E-state index contributed by atoms with van der Waals surface area (Å²) in [5.74, 6) is -0.141. The average Bonchev–Trinajstić information content (AvgIpc) is 2.49. The third kappa shape index (κ3) is 4.56. The third-order valence-electron chi connectivity index (χ3n) is 3.75. The first-order valence-electron chi connectivity index (χ1n) is 7.36. The van der Waals surface area contributed by atoms with E-state index in [4.69, 9.17) is 5.73 Å². The maximum atomic E-state index is 12.1. The highest BCUT2D eigenvalue weighted by Crippen LogP contribution is 2.24. The van der Waals surface area contributed by atoms with Gasteiger partial charge in [0.05, 0.1) is 6.04 Å². The minimum absolute atomic E-state index is 0.0575. The highest BCUT2D eigenvalue weighted by atomic mass is 16.2. The number of hydrogen-bond acceptors (Lipinski definition) is 3. The number of rotatable bonds is 6. The largest absolute Gasteiger partial charge is 0.326 e. The fourth-order valence-corrected chi connectivity index (χ4v) is 1.87. The average molecular weight is 291 g/mol. The van der Waals surface area contributed by atoms with Gasteiger partial charge in [-0.3, -0.25) is 9.59 Å². The molecule has 0 saturated heterocycles. The van der Waals surface area contributed by atoms with Crippen LogP contribution in [0.15, 0.2) is 18.2 Å². The van der Waals surface area contributed by atoms with Crippen molar-refractivity contribution < 1.29 is 9.59 Å². The summed E-state index contributed by atoms with van der Waals surface area (Å²) in [5, 5.41) is 5.66. The van der Waals surface area contributed by atoms with Crippen LogP contribution in [0.4, 0.5) is 11.4 Å². The van der Waals surface area contributed by atoms with E-state index in [2.05, 4.69) is 10.6 Å². The number of carbonyl (C=O) groups excluding carboxylic acids is 2. The Kier molecular flexibility index (Phi) is 6.37. The van der Waals surface area contributed by atoms with Crippen LogP contribution >= 0.6 is 0 Å². The number of nitrogens with two attached hydrogens (primary N) is 1. The maximum absolute atomic E-state index is 12.1. The van der Waals surface area contributed by atoms with Crippen LogP contribution in [0.5, 0.6) is 0 Å². The predicted octanol–water partition coefficient (Wildman–Crippen LogP) is 2.66.